The molecule has 0 saturated carbocycles. The van der Waals surface area contributed by atoms with Gasteiger partial charge < -0.3 is 25.0 Å². The van der Waals surface area contributed by atoms with Crippen molar-refractivity contribution >= 4 is 40.0 Å². The van der Waals surface area contributed by atoms with Crippen LogP contribution >= 0.6 is 11.6 Å². The number of para-hydroxylation sites is 1. The first-order chi connectivity index (χ1) is 21.8. The number of nitrogens with zero attached hydrogens (tertiary/aromatic N) is 3. The van der Waals surface area contributed by atoms with E-state index in [0.29, 0.717) is 23.4 Å². The molecule has 45 heavy (non-hydrogen) atoms. The van der Waals surface area contributed by atoms with Gasteiger partial charge in [-0.1, -0.05) is 54.9 Å². The van der Waals surface area contributed by atoms with E-state index < -0.39 is 6.04 Å². The minimum absolute atomic E-state index is 0.0710. The van der Waals surface area contributed by atoms with E-state index in [1.165, 1.54) is 0 Å². The summed E-state index contributed by atoms with van der Waals surface area (Å²) in [5.41, 5.74) is 5.04. The molecule has 2 aliphatic heterocycles. The Bertz CT molecular complexity index is 1630. The first-order valence-electron chi connectivity index (χ1n) is 16.2. The van der Waals surface area contributed by atoms with Gasteiger partial charge in [0.25, 0.3) is 5.91 Å². The van der Waals surface area contributed by atoms with Crippen molar-refractivity contribution in [3.05, 3.63) is 101 Å². The van der Waals surface area contributed by atoms with E-state index in [1.807, 2.05) is 64.4 Å². The summed E-state index contributed by atoms with van der Waals surface area (Å²) in [5, 5.41) is 5.61. The number of benzene rings is 3. The second kappa shape index (κ2) is 13.8. The standard InChI is InChI=1S/C37H44ClN5O2/c1-25(32-22-39-33-12-8-7-11-31(32)33)35(40-21-26-15-17-42(18-16-26)36(44)28-9-5-4-6-10-28)37(45)43-24-27(23-41(2)3)19-29-20-30(38)13-14-34(29)43/h4-14,20,22,25-27,35,39-40H,15-19,21,23-24H2,1-3H3/t25?,27-,35?/m1/s1. The molecule has 7 nitrogen and oxygen atoms in total. The van der Waals surface area contributed by atoms with Gasteiger partial charge in [-0.25, -0.2) is 0 Å². The molecule has 1 saturated heterocycles. The third-order valence-electron chi connectivity index (χ3n) is 9.60. The molecule has 3 heterocycles. The van der Waals surface area contributed by atoms with Crippen LogP contribution in [0.4, 0.5) is 5.69 Å². The van der Waals surface area contributed by atoms with Crippen molar-refractivity contribution in [1.82, 2.24) is 20.1 Å². The number of amides is 2. The second-order valence-corrected chi connectivity index (χ2v) is 13.6. The number of anilines is 1. The summed E-state index contributed by atoms with van der Waals surface area (Å²) in [4.78, 5) is 37.4. The van der Waals surface area contributed by atoms with Gasteiger partial charge in [-0.05, 0) is 99.3 Å². The Kier molecular flexibility index (Phi) is 9.59. The van der Waals surface area contributed by atoms with E-state index in [9.17, 15) is 9.59 Å². The van der Waals surface area contributed by atoms with E-state index in [1.54, 1.807) is 0 Å². The lowest BCUT2D eigenvalue weighted by atomic mass is 9.88. The van der Waals surface area contributed by atoms with E-state index in [-0.39, 0.29) is 17.7 Å². The van der Waals surface area contributed by atoms with Crippen LogP contribution in [-0.4, -0.2) is 79.5 Å². The molecule has 2 unspecified atom stereocenters. The number of H-pyrrole nitrogens is 1. The molecule has 2 amide bonds. The van der Waals surface area contributed by atoms with E-state index >= 15 is 0 Å². The summed E-state index contributed by atoms with van der Waals surface area (Å²) >= 11 is 6.44. The first kappa shape index (κ1) is 31.3. The van der Waals surface area contributed by atoms with Crippen molar-refractivity contribution in [2.45, 2.75) is 38.1 Å². The first-order valence-corrected chi connectivity index (χ1v) is 16.5. The predicted molar refractivity (Wildman–Crippen MR) is 183 cm³/mol. The number of nitrogens with one attached hydrogen (secondary N) is 2. The lowest BCUT2D eigenvalue weighted by Gasteiger charge is -2.39. The van der Waals surface area contributed by atoms with Crippen LogP contribution in [0.15, 0.2) is 79.0 Å². The number of rotatable bonds is 9. The maximum atomic E-state index is 14.8. The SMILES string of the molecule is CC(c1c[nH]c2ccccc12)C(NCC1CCN(C(=O)c2ccccc2)CC1)C(=O)N1C[C@@H](CN(C)C)Cc2cc(Cl)ccc21. The topological polar surface area (TPSA) is 71.7 Å². The van der Waals surface area contributed by atoms with Crippen molar-refractivity contribution in [3.63, 3.8) is 0 Å². The molecule has 6 rings (SSSR count). The van der Waals surface area contributed by atoms with Crippen LogP contribution in [0, 0.1) is 11.8 Å². The summed E-state index contributed by atoms with van der Waals surface area (Å²) in [6.07, 6.45) is 4.77. The van der Waals surface area contributed by atoms with Gasteiger partial charge in [-0.15, -0.1) is 0 Å². The normalized spacial score (nSPS) is 18.6. The van der Waals surface area contributed by atoms with Crippen molar-refractivity contribution in [1.29, 1.82) is 0 Å². The van der Waals surface area contributed by atoms with Crippen molar-refractivity contribution in [2.24, 2.45) is 11.8 Å². The summed E-state index contributed by atoms with van der Waals surface area (Å²) in [5.74, 6) is 0.809. The van der Waals surface area contributed by atoms with Gasteiger partial charge in [0.1, 0.15) is 0 Å². The fraction of sp³-hybridized carbons (Fsp3) is 0.405. The number of hydrogen-bond acceptors (Lipinski definition) is 4. The highest BCUT2D eigenvalue weighted by Gasteiger charge is 2.37. The predicted octanol–water partition coefficient (Wildman–Crippen LogP) is 6.20. The highest BCUT2D eigenvalue weighted by Crippen LogP contribution is 2.35. The molecular formula is C37H44ClN5O2. The molecule has 3 atom stereocenters. The zero-order chi connectivity index (χ0) is 31.5. The van der Waals surface area contributed by atoms with Crippen LogP contribution in [-0.2, 0) is 11.2 Å². The van der Waals surface area contributed by atoms with Crippen molar-refractivity contribution < 1.29 is 9.59 Å². The number of likely N-dealkylation sites (tertiary alicyclic amines) is 1. The number of aromatic amines is 1. The van der Waals surface area contributed by atoms with Crippen molar-refractivity contribution in [2.75, 3.05) is 51.7 Å². The van der Waals surface area contributed by atoms with Gasteiger partial charge >= 0.3 is 0 Å². The minimum atomic E-state index is -0.421. The molecule has 0 aliphatic carbocycles. The maximum absolute atomic E-state index is 14.8. The molecule has 8 heteroatoms. The van der Waals surface area contributed by atoms with Crippen LogP contribution in [0.1, 0.15) is 47.2 Å². The number of piperidine rings is 1. The lowest BCUT2D eigenvalue weighted by Crippen LogP contribution is -2.54. The van der Waals surface area contributed by atoms with E-state index in [4.69, 9.17) is 11.6 Å². The quantitative estimate of drug-likeness (QED) is 0.232. The van der Waals surface area contributed by atoms with Crippen LogP contribution < -0.4 is 10.2 Å². The molecule has 0 spiro atoms. The molecule has 1 aromatic heterocycles. The fourth-order valence-corrected chi connectivity index (χ4v) is 7.45. The van der Waals surface area contributed by atoms with E-state index in [2.05, 4.69) is 60.6 Å². The van der Waals surface area contributed by atoms with Gasteiger partial charge in [0.15, 0.2) is 0 Å². The molecule has 236 valence electrons. The van der Waals surface area contributed by atoms with Gasteiger partial charge in [-0.3, -0.25) is 9.59 Å². The summed E-state index contributed by atoms with van der Waals surface area (Å²) < 4.78 is 0. The highest BCUT2D eigenvalue weighted by molar-refractivity contribution is 6.30. The average molecular weight is 626 g/mol. The molecular weight excluding hydrogens is 582 g/mol. The molecule has 3 aromatic carbocycles. The third kappa shape index (κ3) is 6.96. The largest absolute Gasteiger partial charge is 0.361 e. The van der Waals surface area contributed by atoms with Gasteiger partial charge in [0, 0.05) is 65.5 Å². The lowest BCUT2D eigenvalue weighted by molar-refractivity contribution is -0.121. The Hall–Kier alpha value is -3.65. The summed E-state index contributed by atoms with van der Waals surface area (Å²) in [7, 11) is 4.17. The van der Waals surface area contributed by atoms with E-state index in [0.717, 1.165) is 78.7 Å². The highest BCUT2D eigenvalue weighted by atomic mass is 35.5. The molecule has 0 bridgehead atoms. The van der Waals surface area contributed by atoms with Crippen molar-refractivity contribution in [3.8, 4) is 0 Å². The van der Waals surface area contributed by atoms with Gasteiger partial charge in [0.05, 0.1) is 6.04 Å². The van der Waals surface area contributed by atoms with Gasteiger partial charge in [-0.2, -0.15) is 0 Å². The number of fused-ring (bicyclic) bond motifs is 2. The Morgan fingerprint density at radius 1 is 1.00 bits per heavy atom. The number of halogens is 1. The maximum Gasteiger partial charge on any atom is 0.253 e. The number of carbonyl (C=O) groups excluding carboxylic acids is 2. The molecule has 1 fully saturated rings. The Labute approximate surface area is 271 Å². The zero-order valence-corrected chi connectivity index (χ0v) is 27.3. The third-order valence-corrected chi connectivity index (χ3v) is 9.83. The van der Waals surface area contributed by atoms with Crippen LogP contribution in [0.3, 0.4) is 0 Å². The van der Waals surface area contributed by atoms with Crippen LogP contribution in [0.25, 0.3) is 10.9 Å². The molecule has 2 N–H and O–H groups in total. The van der Waals surface area contributed by atoms with Gasteiger partial charge in [0.2, 0.25) is 5.91 Å². The Morgan fingerprint density at radius 3 is 2.49 bits per heavy atom. The Balaban J connectivity index is 1.23. The summed E-state index contributed by atoms with van der Waals surface area (Å²) in [6.45, 7) is 5.90. The number of hydrogen-bond donors (Lipinski definition) is 2. The number of aromatic nitrogens is 1. The summed E-state index contributed by atoms with van der Waals surface area (Å²) in [6, 6.07) is 23.3. The molecule has 4 aromatic rings. The Morgan fingerprint density at radius 2 is 1.73 bits per heavy atom. The van der Waals surface area contributed by atoms with Crippen LogP contribution in [0.2, 0.25) is 5.02 Å². The average Bonchev–Trinajstić information content (AvgIpc) is 3.48. The minimum Gasteiger partial charge on any atom is -0.361 e. The molecule has 2 aliphatic rings. The van der Waals surface area contributed by atoms with Crippen LogP contribution in [0.5, 0.6) is 0 Å². The number of carbonyl (C=O) groups is 2. The fourth-order valence-electron chi connectivity index (χ4n) is 7.25. The monoisotopic (exact) mass is 625 g/mol. The second-order valence-electron chi connectivity index (χ2n) is 13.1. The molecule has 0 radical (unpaired) electrons. The zero-order valence-electron chi connectivity index (χ0n) is 26.5. The smallest absolute Gasteiger partial charge is 0.253 e.